The number of fused-ring (bicyclic) bond motifs is 2. The summed E-state index contributed by atoms with van der Waals surface area (Å²) in [5.74, 6) is 0.949. The van der Waals surface area contributed by atoms with Crippen molar-refractivity contribution in [3.05, 3.63) is 0 Å². The van der Waals surface area contributed by atoms with Gasteiger partial charge in [-0.2, -0.15) is 0 Å². The molecule has 2 heteroatoms. The fraction of sp³-hybridized carbons (Fsp3) is 1.00. The topological polar surface area (TPSA) is 29.3 Å². The van der Waals surface area contributed by atoms with E-state index in [1.807, 2.05) is 0 Å². The number of nitrogens with zero attached hydrogens (tertiary/aromatic N) is 1. The van der Waals surface area contributed by atoms with Gasteiger partial charge < -0.3 is 5.73 Å². The monoisotopic (exact) mass is 112 g/mol. The molecule has 8 heavy (non-hydrogen) atoms. The Morgan fingerprint density at radius 3 is 2.62 bits per heavy atom. The van der Waals surface area contributed by atoms with E-state index in [2.05, 4.69) is 4.90 Å². The largest absolute Gasteiger partial charge is 0.316 e. The van der Waals surface area contributed by atoms with Gasteiger partial charge >= 0.3 is 0 Å². The average Bonchev–Trinajstić information content (AvgIpc) is 2.23. The maximum atomic E-state index is 5.75. The molecule has 0 aromatic carbocycles. The lowest BCUT2D eigenvalue weighted by atomic mass is 10.1. The smallest absolute Gasteiger partial charge is 0.0574 e. The van der Waals surface area contributed by atoms with Crippen molar-refractivity contribution in [3.8, 4) is 0 Å². The molecular weight excluding hydrogens is 100 g/mol. The van der Waals surface area contributed by atoms with Crippen LogP contribution in [0.4, 0.5) is 0 Å². The Bertz CT molecular complexity index is 101. The minimum absolute atomic E-state index is 0.411. The van der Waals surface area contributed by atoms with Crippen LogP contribution >= 0.6 is 0 Å². The molecule has 2 heterocycles. The highest BCUT2D eigenvalue weighted by atomic mass is 15.3. The third kappa shape index (κ3) is 0.501. The summed E-state index contributed by atoms with van der Waals surface area (Å²) in [7, 11) is 0. The molecule has 0 aliphatic carbocycles. The second-order valence-corrected chi connectivity index (χ2v) is 2.95. The van der Waals surface area contributed by atoms with Gasteiger partial charge in [0.1, 0.15) is 0 Å². The second-order valence-electron chi connectivity index (χ2n) is 2.95. The van der Waals surface area contributed by atoms with Crippen LogP contribution in [0.1, 0.15) is 12.8 Å². The lowest BCUT2D eigenvalue weighted by Gasteiger charge is -2.19. The highest BCUT2D eigenvalue weighted by Gasteiger charge is 2.34. The third-order valence-electron chi connectivity index (χ3n) is 2.36. The van der Waals surface area contributed by atoms with Crippen LogP contribution in [0.3, 0.4) is 0 Å². The van der Waals surface area contributed by atoms with E-state index in [9.17, 15) is 0 Å². The maximum Gasteiger partial charge on any atom is 0.0574 e. The van der Waals surface area contributed by atoms with Gasteiger partial charge in [-0.15, -0.1) is 0 Å². The van der Waals surface area contributed by atoms with E-state index >= 15 is 0 Å². The molecule has 2 nitrogen and oxygen atoms in total. The third-order valence-corrected chi connectivity index (χ3v) is 2.36. The molecule has 0 radical (unpaired) electrons. The van der Waals surface area contributed by atoms with Gasteiger partial charge in [0.2, 0.25) is 0 Å². The van der Waals surface area contributed by atoms with Gasteiger partial charge in [-0.3, -0.25) is 4.90 Å². The summed E-state index contributed by atoms with van der Waals surface area (Å²) in [5, 5.41) is 0. The Morgan fingerprint density at radius 1 is 1.50 bits per heavy atom. The molecule has 2 aliphatic heterocycles. The number of hydrogen-bond donors (Lipinski definition) is 1. The molecule has 0 aromatic rings. The molecule has 0 aromatic heterocycles. The van der Waals surface area contributed by atoms with Gasteiger partial charge in [-0.05, 0) is 25.3 Å². The molecule has 0 saturated carbocycles. The van der Waals surface area contributed by atoms with Gasteiger partial charge in [-0.1, -0.05) is 0 Å². The standard InChI is InChI=1S/C6H12N2/c7-6-3-5-1-2-8(6)4-5/h5-6H,1-4,7H2/t5?,6-/m1/s1. The maximum absolute atomic E-state index is 5.75. The van der Waals surface area contributed by atoms with Crippen LogP contribution in [0, 0.1) is 5.92 Å². The molecule has 3 atom stereocenters. The molecule has 0 spiro atoms. The second kappa shape index (κ2) is 1.45. The zero-order valence-corrected chi connectivity index (χ0v) is 5.01. The minimum Gasteiger partial charge on any atom is -0.316 e. The SMILES string of the molecule is N[C@H]1CC2CCN1C2. The Labute approximate surface area is 49.7 Å². The first kappa shape index (κ1) is 4.77. The van der Waals surface area contributed by atoms with E-state index < -0.39 is 0 Å². The van der Waals surface area contributed by atoms with Crippen molar-refractivity contribution in [3.63, 3.8) is 0 Å². The quantitative estimate of drug-likeness (QED) is 0.478. The van der Waals surface area contributed by atoms with Gasteiger partial charge in [0, 0.05) is 6.54 Å². The summed E-state index contributed by atoms with van der Waals surface area (Å²) in [4.78, 5) is 2.38. The van der Waals surface area contributed by atoms with Crippen molar-refractivity contribution in [2.24, 2.45) is 11.7 Å². The molecule has 2 rings (SSSR count). The van der Waals surface area contributed by atoms with Crippen LogP contribution in [0.25, 0.3) is 0 Å². The highest BCUT2D eigenvalue weighted by Crippen LogP contribution is 2.29. The molecule has 0 amide bonds. The summed E-state index contributed by atoms with van der Waals surface area (Å²) in [6.45, 7) is 2.53. The molecular formula is C6H12N2. The van der Waals surface area contributed by atoms with Crippen LogP contribution in [-0.2, 0) is 0 Å². The molecule has 2 fully saturated rings. The first-order chi connectivity index (χ1) is 3.86. The van der Waals surface area contributed by atoms with Crippen molar-refractivity contribution in [1.82, 2.24) is 4.90 Å². The number of hydrogen-bond acceptors (Lipinski definition) is 2. The summed E-state index contributed by atoms with van der Waals surface area (Å²) in [6, 6.07) is 0. The van der Waals surface area contributed by atoms with Crippen molar-refractivity contribution in [1.29, 1.82) is 0 Å². The van der Waals surface area contributed by atoms with Crippen molar-refractivity contribution in [2.45, 2.75) is 19.0 Å². The Balaban J connectivity index is 2.11. The van der Waals surface area contributed by atoms with Gasteiger partial charge in [0.05, 0.1) is 6.17 Å². The van der Waals surface area contributed by atoms with E-state index in [1.165, 1.54) is 25.9 Å². The first-order valence-electron chi connectivity index (χ1n) is 3.36. The van der Waals surface area contributed by atoms with Gasteiger partial charge in [0.15, 0.2) is 0 Å². The summed E-state index contributed by atoms with van der Waals surface area (Å²) < 4.78 is 0. The zero-order chi connectivity index (χ0) is 5.56. The summed E-state index contributed by atoms with van der Waals surface area (Å²) in [6.07, 6.45) is 3.06. The normalized spacial score (nSPS) is 52.9. The first-order valence-corrected chi connectivity index (χ1v) is 3.36. The Hall–Kier alpha value is -0.0800. The van der Waals surface area contributed by atoms with Gasteiger partial charge in [-0.25, -0.2) is 0 Å². The van der Waals surface area contributed by atoms with E-state index in [0.29, 0.717) is 6.17 Å². The van der Waals surface area contributed by atoms with Gasteiger partial charge in [0.25, 0.3) is 0 Å². The van der Waals surface area contributed by atoms with E-state index in [0.717, 1.165) is 5.92 Å². The molecule has 46 valence electrons. The fourth-order valence-electron chi connectivity index (χ4n) is 1.85. The number of rotatable bonds is 0. The summed E-state index contributed by atoms with van der Waals surface area (Å²) in [5.41, 5.74) is 5.75. The molecule has 2 aliphatic rings. The minimum atomic E-state index is 0.411. The highest BCUT2D eigenvalue weighted by molar-refractivity contribution is 4.88. The Kier molecular flexibility index (Phi) is 0.866. The van der Waals surface area contributed by atoms with Crippen LogP contribution in [-0.4, -0.2) is 24.2 Å². The molecule has 2 N–H and O–H groups in total. The molecule has 2 bridgehead atoms. The molecule has 2 unspecified atom stereocenters. The predicted octanol–water partition coefficient (Wildman–Crippen LogP) is -0.00320. The van der Waals surface area contributed by atoms with E-state index in [4.69, 9.17) is 5.73 Å². The van der Waals surface area contributed by atoms with Crippen LogP contribution in [0.2, 0.25) is 0 Å². The van der Waals surface area contributed by atoms with E-state index in [1.54, 1.807) is 0 Å². The molecule has 2 saturated heterocycles. The fourth-order valence-corrected chi connectivity index (χ4v) is 1.85. The summed E-state index contributed by atoms with van der Waals surface area (Å²) >= 11 is 0. The van der Waals surface area contributed by atoms with E-state index in [-0.39, 0.29) is 0 Å². The van der Waals surface area contributed by atoms with Crippen LogP contribution in [0.15, 0.2) is 0 Å². The van der Waals surface area contributed by atoms with Crippen molar-refractivity contribution < 1.29 is 0 Å². The lowest BCUT2D eigenvalue weighted by Crippen LogP contribution is -2.36. The van der Waals surface area contributed by atoms with Crippen molar-refractivity contribution in [2.75, 3.05) is 13.1 Å². The average molecular weight is 112 g/mol. The zero-order valence-electron chi connectivity index (χ0n) is 5.01. The van der Waals surface area contributed by atoms with Crippen LogP contribution < -0.4 is 5.73 Å². The number of piperidine rings is 1. The van der Waals surface area contributed by atoms with Crippen LogP contribution in [0.5, 0.6) is 0 Å². The number of nitrogens with two attached hydrogens (primary N) is 1. The van der Waals surface area contributed by atoms with Crippen molar-refractivity contribution >= 4 is 0 Å². The predicted molar refractivity (Wildman–Crippen MR) is 32.3 cm³/mol. The lowest BCUT2D eigenvalue weighted by molar-refractivity contribution is 0.268. The Morgan fingerprint density at radius 2 is 2.38 bits per heavy atom.